The largest absolute Gasteiger partial charge is 0.475 e. The summed E-state index contributed by atoms with van der Waals surface area (Å²) >= 11 is 0. The van der Waals surface area contributed by atoms with Crippen LogP contribution in [-0.2, 0) is 6.42 Å². The van der Waals surface area contributed by atoms with E-state index in [1.54, 1.807) is 0 Å². The second-order valence-corrected chi connectivity index (χ2v) is 4.97. The van der Waals surface area contributed by atoms with E-state index < -0.39 is 11.9 Å². The van der Waals surface area contributed by atoms with Crippen molar-refractivity contribution in [3.05, 3.63) is 59.0 Å². The van der Waals surface area contributed by atoms with Crippen LogP contribution in [0.25, 0.3) is 0 Å². The number of carbonyl (C=O) groups is 2. The molecule has 0 saturated carbocycles. The summed E-state index contributed by atoms with van der Waals surface area (Å²) in [4.78, 5) is 22.7. The number of aryl methyl sites for hydroxylation is 1. The van der Waals surface area contributed by atoms with Crippen molar-refractivity contribution in [2.45, 2.75) is 26.3 Å². The van der Waals surface area contributed by atoms with E-state index in [1.807, 2.05) is 38.1 Å². The van der Waals surface area contributed by atoms with Gasteiger partial charge in [0, 0.05) is 6.04 Å². The third kappa shape index (κ3) is 3.72. The molecule has 1 heterocycles. The molecule has 2 rings (SSSR count). The van der Waals surface area contributed by atoms with E-state index in [0.717, 1.165) is 5.56 Å². The molecule has 21 heavy (non-hydrogen) atoms. The van der Waals surface area contributed by atoms with Gasteiger partial charge in [0.15, 0.2) is 5.76 Å². The molecule has 0 aliphatic rings. The first kappa shape index (κ1) is 14.8. The third-order valence-corrected chi connectivity index (χ3v) is 3.21. The van der Waals surface area contributed by atoms with Gasteiger partial charge in [-0.3, -0.25) is 4.79 Å². The van der Waals surface area contributed by atoms with Gasteiger partial charge in [-0.2, -0.15) is 0 Å². The van der Waals surface area contributed by atoms with Crippen molar-refractivity contribution in [1.82, 2.24) is 5.32 Å². The molecule has 0 radical (unpaired) electrons. The Morgan fingerprint density at radius 2 is 1.86 bits per heavy atom. The fourth-order valence-electron chi connectivity index (χ4n) is 2.09. The minimum Gasteiger partial charge on any atom is -0.475 e. The second kappa shape index (κ2) is 6.26. The molecule has 2 aromatic rings. The van der Waals surface area contributed by atoms with Crippen LogP contribution in [0.5, 0.6) is 0 Å². The molecule has 1 aromatic carbocycles. The van der Waals surface area contributed by atoms with E-state index in [2.05, 4.69) is 5.32 Å². The minimum absolute atomic E-state index is 0.00373. The van der Waals surface area contributed by atoms with E-state index in [0.29, 0.717) is 6.42 Å². The van der Waals surface area contributed by atoms with Crippen LogP contribution in [0.2, 0.25) is 0 Å². The van der Waals surface area contributed by atoms with Gasteiger partial charge in [0.25, 0.3) is 5.91 Å². The van der Waals surface area contributed by atoms with Crippen molar-refractivity contribution in [3.63, 3.8) is 0 Å². The van der Waals surface area contributed by atoms with Crippen LogP contribution in [0, 0.1) is 6.92 Å². The van der Waals surface area contributed by atoms with Gasteiger partial charge < -0.3 is 14.8 Å². The summed E-state index contributed by atoms with van der Waals surface area (Å²) in [6.07, 6.45) is 0.699. The highest BCUT2D eigenvalue weighted by Gasteiger charge is 2.17. The normalized spacial score (nSPS) is 11.9. The van der Waals surface area contributed by atoms with Gasteiger partial charge in [0.2, 0.25) is 5.76 Å². The van der Waals surface area contributed by atoms with Gasteiger partial charge >= 0.3 is 5.97 Å². The van der Waals surface area contributed by atoms with Crippen LogP contribution in [-0.4, -0.2) is 23.0 Å². The zero-order valence-electron chi connectivity index (χ0n) is 11.9. The van der Waals surface area contributed by atoms with Gasteiger partial charge in [-0.1, -0.05) is 24.3 Å². The molecule has 0 bridgehead atoms. The molecule has 5 nitrogen and oxygen atoms in total. The highest BCUT2D eigenvalue weighted by molar-refractivity contribution is 5.93. The topological polar surface area (TPSA) is 79.5 Å². The van der Waals surface area contributed by atoms with Crippen LogP contribution in [0.3, 0.4) is 0 Å². The molecule has 1 atom stereocenters. The number of aromatic carboxylic acids is 1. The smallest absolute Gasteiger partial charge is 0.371 e. The van der Waals surface area contributed by atoms with Crippen molar-refractivity contribution < 1.29 is 19.1 Å². The van der Waals surface area contributed by atoms with Crippen molar-refractivity contribution in [1.29, 1.82) is 0 Å². The molecule has 0 saturated heterocycles. The van der Waals surface area contributed by atoms with E-state index in [9.17, 15) is 9.59 Å². The van der Waals surface area contributed by atoms with Crippen molar-refractivity contribution in [2.75, 3.05) is 0 Å². The summed E-state index contributed by atoms with van der Waals surface area (Å²) in [5.41, 5.74) is 2.33. The minimum atomic E-state index is -1.19. The number of nitrogens with one attached hydrogen (secondary N) is 1. The molecular formula is C16H17NO4. The van der Waals surface area contributed by atoms with Crippen molar-refractivity contribution >= 4 is 11.9 Å². The molecule has 5 heteroatoms. The van der Waals surface area contributed by atoms with Gasteiger partial charge in [-0.15, -0.1) is 0 Å². The number of benzene rings is 1. The molecule has 2 N–H and O–H groups in total. The summed E-state index contributed by atoms with van der Waals surface area (Å²) in [5.74, 6) is -1.85. The fourth-order valence-corrected chi connectivity index (χ4v) is 2.09. The SMILES string of the molecule is Cc1ccccc1CC(C)NC(=O)c1ccc(C(=O)O)o1. The molecule has 0 fully saturated rings. The van der Waals surface area contributed by atoms with Crippen LogP contribution in [0.15, 0.2) is 40.8 Å². The van der Waals surface area contributed by atoms with E-state index >= 15 is 0 Å². The molecule has 110 valence electrons. The van der Waals surface area contributed by atoms with Gasteiger partial charge in [-0.25, -0.2) is 4.79 Å². The maximum atomic E-state index is 12.0. The number of hydrogen-bond acceptors (Lipinski definition) is 3. The number of carboxylic acid groups (broad SMARTS) is 1. The predicted octanol–water partition coefficient (Wildman–Crippen LogP) is 2.65. The lowest BCUT2D eigenvalue weighted by Gasteiger charge is -2.14. The number of hydrogen-bond donors (Lipinski definition) is 2. The molecular weight excluding hydrogens is 270 g/mol. The van der Waals surface area contributed by atoms with Crippen LogP contribution in [0.4, 0.5) is 0 Å². The lowest BCUT2D eigenvalue weighted by Crippen LogP contribution is -2.34. The zero-order chi connectivity index (χ0) is 15.4. The first-order chi connectivity index (χ1) is 9.97. The first-order valence-corrected chi connectivity index (χ1v) is 6.66. The molecule has 1 unspecified atom stereocenters. The molecule has 1 aromatic heterocycles. The average Bonchev–Trinajstić information content (AvgIpc) is 2.91. The monoisotopic (exact) mass is 287 g/mol. The predicted molar refractivity (Wildman–Crippen MR) is 77.5 cm³/mol. The van der Waals surface area contributed by atoms with Gasteiger partial charge in [0.1, 0.15) is 0 Å². The Balaban J connectivity index is 1.98. The summed E-state index contributed by atoms with van der Waals surface area (Å²) in [5, 5.41) is 11.6. The van der Waals surface area contributed by atoms with E-state index in [4.69, 9.17) is 9.52 Å². The highest BCUT2D eigenvalue weighted by atomic mass is 16.4. The average molecular weight is 287 g/mol. The fraction of sp³-hybridized carbons (Fsp3) is 0.250. The molecule has 0 spiro atoms. The van der Waals surface area contributed by atoms with Crippen LogP contribution in [0.1, 0.15) is 39.2 Å². The summed E-state index contributed by atoms with van der Waals surface area (Å²) in [6.45, 7) is 3.92. The Hall–Kier alpha value is -2.56. The maximum Gasteiger partial charge on any atom is 0.371 e. The van der Waals surface area contributed by atoms with Gasteiger partial charge in [0.05, 0.1) is 0 Å². The van der Waals surface area contributed by atoms with E-state index in [1.165, 1.54) is 17.7 Å². The van der Waals surface area contributed by atoms with Crippen molar-refractivity contribution in [3.8, 4) is 0 Å². The maximum absolute atomic E-state index is 12.0. The highest BCUT2D eigenvalue weighted by Crippen LogP contribution is 2.11. The first-order valence-electron chi connectivity index (χ1n) is 6.66. The summed E-state index contributed by atoms with van der Waals surface area (Å²) in [7, 11) is 0. The number of furan rings is 1. The second-order valence-electron chi connectivity index (χ2n) is 4.97. The Labute approximate surface area is 122 Å². The van der Waals surface area contributed by atoms with Crippen LogP contribution >= 0.6 is 0 Å². The summed E-state index contributed by atoms with van der Waals surface area (Å²) < 4.78 is 4.97. The van der Waals surface area contributed by atoms with E-state index in [-0.39, 0.29) is 17.6 Å². The number of carboxylic acids is 1. The number of carbonyl (C=O) groups excluding carboxylic acids is 1. The molecule has 1 amide bonds. The standard InChI is InChI=1S/C16H17NO4/c1-10-5-3-4-6-12(10)9-11(2)17-15(18)13-7-8-14(21-13)16(19)20/h3-8,11H,9H2,1-2H3,(H,17,18)(H,19,20). The zero-order valence-corrected chi connectivity index (χ0v) is 11.9. The molecule has 0 aliphatic heterocycles. The van der Waals surface area contributed by atoms with Crippen molar-refractivity contribution in [2.24, 2.45) is 0 Å². The Kier molecular flexibility index (Phi) is 4.42. The quantitative estimate of drug-likeness (QED) is 0.886. The lowest BCUT2D eigenvalue weighted by molar-refractivity contribution is 0.0659. The van der Waals surface area contributed by atoms with Gasteiger partial charge in [-0.05, 0) is 43.5 Å². The number of rotatable bonds is 5. The number of amides is 1. The molecule has 0 aliphatic carbocycles. The summed E-state index contributed by atoms with van der Waals surface area (Å²) in [6, 6.07) is 10.5. The lowest BCUT2D eigenvalue weighted by atomic mass is 10.0. The third-order valence-electron chi connectivity index (χ3n) is 3.21. The Morgan fingerprint density at radius 1 is 1.19 bits per heavy atom. The Bertz CT molecular complexity index is 660. The Morgan fingerprint density at radius 3 is 2.48 bits per heavy atom. The van der Waals surface area contributed by atoms with Crippen LogP contribution < -0.4 is 5.32 Å².